The molecule has 2 aliphatic rings. The van der Waals surface area contributed by atoms with Crippen LogP contribution in [0.5, 0.6) is 0 Å². The molecule has 0 spiro atoms. The van der Waals surface area contributed by atoms with Crippen LogP contribution in [0.4, 0.5) is 0 Å². The van der Waals surface area contributed by atoms with Gasteiger partial charge in [0.15, 0.2) is 0 Å². The molecule has 2 aliphatic heterocycles. The summed E-state index contributed by atoms with van der Waals surface area (Å²) in [6.45, 7) is 6.03. The summed E-state index contributed by atoms with van der Waals surface area (Å²) in [5.74, 6) is 0.911. The maximum Gasteiger partial charge on any atom is 0.220 e. The summed E-state index contributed by atoms with van der Waals surface area (Å²) in [6, 6.07) is 8.68. The molecule has 6 heteroatoms. The molecular weight excluding hydrogens is 345 g/mol. The van der Waals surface area contributed by atoms with Crippen molar-refractivity contribution in [1.82, 2.24) is 15.5 Å². The van der Waals surface area contributed by atoms with Gasteiger partial charge < -0.3 is 10.6 Å². The third-order valence-corrected chi connectivity index (χ3v) is 4.90. The van der Waals surface area contributed by atoms with Gasteiger partial charge in [0, 0.05) is 32.6 Å². The van der Waals surface area contributed by atoms with E-state index in [2.05, 4.69) is 39.8 Å². The van der Waals surface area contributed by atoms with Gasteiger partial charge in [0.25, 0.3) is 0 Å². The average Bonchev–Trinajstić information content (AvgIpc) is 3.06. The predicted octanol–water partition coefficient (Wildman–Crippen LogP) is 2.39. The van der Waals surface area contributed by atoms with Gasteiger partial charge in [-0.3, -0.25) is 9.69 Å². The lowest BCUT2D eigenvalue weighted by molar-refractivity contribution is -0.121. The molecule has 0 saturated carbocycles. The fraction of sp³-hybridized carbons (Fsp3) is 0.611. The minimum Gasteiger partial charge on any atom is -0.355 e. The van der Waals surface area contributed by atoms with Gasteiger partial charge in [-0.1, -0.05) is 24.3 Å². The second-order valence-electron chi connectivity index (χ2n) is 6.54. The number of rotatable bonds is 6. The summed E-state index contributed by atoms with van der Waals surface area (Å²) in [6.07, 6.45) is 4.05. The summed E-state index contributed by atoms with van der Waals surface area (Å²) in [5, 5.41) is 6.43. The highest BCUT2D eigenvalue weighted by Gasteiger charge is 2.17. The first-order valence-corrected chi connectivity index (χ1v) is 8.58. The average molecular weight is 374 g/mol. The molecule has 1 atom stereocenters. The summed E-state index contributed by atoms with van der Waals surface area (Å²) < 4.78 is 0. The normalized spacial score (nSPS) is 19.8. The quantitative estimate of drug-likeness (QED) is 0.804. The van der Waals surface area contributed by atoms with Crippen LogP contribution in [0.2, 0.25) is 0 Å². The number of hydrogen-bond acceptors (Lipinski definition) is 3. The maximum absolute atomic E-state index is 11.9. The number of benzene rings is 1. The van der Waals surface area contributed by atoms with E-state index < -0.39 is 0 Å². The number of nitrogens with zero attached hydrogens (tertiary/aromatic N) is 1. The minimum atomic E-state index is 0. The predicted molar refractivity (Wildman–Crippen MR) is 103 cm³/mol. The Morgan fingerprint density at radius 3 is 2.79 bits per heavy atom. The lowest BCUT2D eigenvalue weighted by Crippen LogP contribution is -2.37. The fourth-order valence-electron chi connectivity index (χ4n) is 3.48. The highest BCUT2D eigenvalue weighted by Crippen LogP contribution is 2.18. The van der Waals surface area contributed by atoms with Crippen molar-refractivity contribution in [2.75, 3.05) is 32.7 Å². The number of amides is 1. The van der Waals surface area contributed by atoms with Gasteiger partial charge in [0.1, 0.15) is 0 Å². The lowest BCUT2D eigenvalue weighted by atomic mass is 10.00. The van der Waals surface area contributed by atoms with E-state index in [1.807, 2.05) is 0 Å². The molecule has 0 aromatic heterocycles. The molecule has 0 radical (unpaired) electrons. The molecule has 0 bridgehead atoms. The zero-order valence-electron chi connectivity index (χ0n) is 14.1. The van der Waals surface area contributed by atoms with Crippen molar-refractivity contribution in [3.05, 3.63) is 35.4 Å². The monoisotopic (exact) mass is 373 g/mol. The molecule has 2 N–H and O–H groups in total. The molecular formula is C18H29Cl2N3O. The van der Waals surface area contributed by atoms with Gasteiger partial charge in [-0.05, 0) is 49.4 Å². The number of hydrogen-bond donors (Lipinski definition) is 2. The van der Waals surface area contributed by atoms with E-state index in [0.717, 1.165) is 52.1 Å². The van der Waals surface area contributed by atoms with Gasteiger partial charge in [0.2, 0.25) is 5.91 Å². The summed E-state index contributed by atoms with van der Waals surface area (Å²) >= 11 is 0. The van der Waals surface area contributed by atoms with Crippen molar-refractivity contribution in [1.29, 1.82) is 0 Å². The highest BCUT2D eigenvalue weighted by atomic mass is 35.5. The van der Waals surface area contributed by atoms with Gasteiger partial charge in [0.05, 0.1) is 0 Å². The molecule has 24 heavy (non-hydrogen) atoms. The van der Waals surface area contributed by atoms with Crippen LogP contribution < -0.4 is 10.6 Å². The molecule has 4 nitrogen and oxygen atoms in total. The van der Waals surface area contributed by atoms with Crippen molar-refractivity contribution >= 4 is 30.7 Å². The summed E-state index contributed by atoms with van der Waals surface area (Å²) in [5.41, 5.74) is 2.92. The van der Waals surface area contributed by atoms with Gasteiger partial charge >= 0.3 is 0 Å². The Balaban J connectivity index is 0.00000144. The van der Waals surface area contributed by atoms with Crippen molar-refractivity contribution < 1.29 is 4.79 Å². The van der Waals surface area contributed by atoms with E-state index in [4.69, 9.17) is 0 Å². The van der Waals surface area contributed by atoms with E-state index >= 15 is 0 Å². The van der Waals surface area contributed by atoms with Crippen molar-refractivity contribution in [3.63, 3.8) is 0 Å². The molecule has 136 valence electrons. The first kappa shape index (κ1) is 21.2. The third kappa shape index (κ3) is 6.25. The van der Waals surface area contributed by atoms with E-state index in [-0.39, 0.29) is 30.7 Å². The topological polar surface area (TPSA) is 44.4 Å². The van der Waals surface area contributed by atoms with E-state index in [1.165, 1.54) is 17.5 Å². The van der Waals surface area contributed by atoms with E-state index in [0.29, 0.717) is 12.3 Å². The molecule has 1 aromatic carbocycles. The first-order chi connectivity index (χ1) is 10.8. The van der Waals surface area contributed by atoms with Crippen LogP contribution in [0.1, 0.15) is 30.4 Å². The minimum absolute atomic E-state index is 0. The Bertz CT molecular complexity index is 507. The van der Waals surface area contributed by atoms with Gasteiger partial charge in [-0.15, -0.1) is 24.8 Å². The summed E-state index contributed by atoms with van der Waals surface area (Å²) in [7, 11) is 0. The SMILES string of the molecule is Cl.Cl.O=C(CCC1CCNC1)NCCN1CCc2ccccc2C1. The molecule has 1 fully saturated rings. The van der Waals surface area contributed by atoms with E-state index in [9.17, 15) is 4.79 Å². The fourth-order valence-corrected chi connectivity index (χ4v) is 3.48. The van der Waals surface area contributed by atoms with Crippen LogP contribution in [0.25, 0.3) is 0 Å². The molecule has 3 rings (SSSR count). The van der Waals surface area contributed by atoms with Crippen LogP contribution in [-0.4, -0.2) is 43.5 Å². The van der Waals surface area contributed by atoms with Crippen LogP contribution in [0.3, 0.4) is 0 Å². The Hall–Kier alpha value is -0.810. The van der Waals surface area contributed by atoms with Crippen LogP contribution in [0, 0.1) is 5.92 Å². The number of carbonyl (C=O) groups excluding carboxylic acids is 1. The molecule has 1 aromatic rings. The number of nitrogens with one attached hydrogen (secondary N) is 2. The van der Waals surface area contributed by atoms with Gasteiger partial charge in [-0.25, -0.2) is 0 Å². The Labute approximate surface area is 157 Å². The standard InChI is InChI=1S/C18H27N3O.2ClH/c22-18(6-5-15-7-9-19-13-15)20-10-12-21-11-8-16-3-1-2-4-17(16)14-21;;/h1-4,15,19H,5-14H2,(H,20,22);2*1H. The van der Waals surface area contributed by atoms with Crippen molar-refractivity contribution in [2.24, 2.45) is 5.92 Å². The highest BCUT2D eigenvalue weighted by molar-refractivity contribution is 5.85. The Morgan fingerprint density at radius 2 is 2.04 bits per heavy atom. The van der Waals surface area contributed by atoms with Crippen LogP contribution in [0.15, 0.2) is 24.3 Å². The largest absolute Gasteiger partial charge is 0.355 e. The molecule has 1 unspecified atom stereocenters. The number of halogens is 2. The lowest BCUT2D eigenvalue weighted by Gasteiger charge is -2.28. The second kappa shape index (κ2) is 10.9. The smallest absolute Gasteiger partial charge is 0.220 e. The zero-order valence-corrected chi connectivity index (χ0v) is 15.8. The summed E-state index contributed by atoms with van der Waals surface area (Å²) in [4.78, 5) is 14.3. The van der Waals surface area contributed by atoms with Crippen molar-refractivity contribution in [3.8, 4) is 0 Å². The molecule has 2 heterocycles. The zero-order chi connectivity index (χ0) is 15.2. The maximum atomic E-state index is 11.9. The Kier molecular flexibility index (Phi) is 9.67. The van der Waals surface area contributed by atoms with Crippen molar-refractivity contribution in [2.45, 2.75) is 32.2 Å². The van der Waals surface area contributed by atoms with E-state index in [1.54, 1.807) is 0 Å². The number of fused-ring (bicyclic) bond motifs is 1. The Morgan fingerprint density at radius 1 is 1.25 bits per heavy atom. The number of carbonyl (C=O) groups is 1. The van der Waals surface area contributed by atoms with Crippen LogP contribution in [-0.2, 0) is 17.8 Å². The third-order valence-electron chi connectivity index (χ3n) is 4.90. The second-order valence-corrected chi connectivity index (χ2v) is 6.54. The molecule has 0 aliphatic carbocycles. The first-order valence-electron chi connectivity index (χ1n) is 8.58. The van der Waals surface area contributed by atoms with Gasteiger partial charge in [-0.2, -0.15) is 0 Å². The van der Waals surface area contributed by atoms with Crippen LogP contribution >= 0.6 is 24.8 Å². The molecule has 1 amide bonds. The molecule has 1 saturated heterocycles.